The van der Waals surface area contributed by atoms with Crippen molar-refractivity contribution in [1.29, 1.82) is 5.26 Å². The Kier molecular flexibility index (Phi) is 6.27. The molecule has 1 amide bonds. The van der Waals surface area contributed by atoms with E-state index in [2.05, 4.69) is 9.97 Å². The van der Waals surface area contributed by atoms with Crippen LogP contribution < -0.4 is 4.90 Å². The first-order valence-corrected chi connectivity index (χ1v) is 12.5. The van der Waals surface area contributed by atoms with Gasteiger partial charge in [0.05, 0.1) is 23.7 Å². The number of piperidine rings is 1. The lowest BCUT2D eigenvalue weighted by Crippen LogP contribution is -2.70. The largest absolute Gasteiger partial charge is 0.444 e. The number of hydrogen-bond donors (Lipinski definition) is 0. The number of piperazine rings is 1. The van der Waals surface area contributed by atoms with Gasteiger partial charge in [-0.2, -0.15) is 23.4 Å². The number of halogens is 3. The van der Waals surface area contributed by atoms with Gasteiger partial charge in [0.2, 0.25) is 0 Å². The van der Waals surface area contributed by atoms with E-state index in [4.69, 9.17) is 19.2 Å². The van der Waals surface area contributed by atoms with Gasteiger partial charge in [-0.3, -0.25) is 4.90 Å². The van der Waals surface area contributed by atoms with Gasteiger partial charge in [0, 0.05) is 24.7 Å². The fourth-order valence-corrected chi connectivity index (χ4v) is 5.37. The summed E-state index contributed by atoms with van der Waals surface area (Å²) in [5, 5.41) is 10.9. The molecule has 2 bridgehead atoms. The number of thiazole rings is 1. The summed E-state index contributed by atoms with van der Waals surface area (Å²) in [6.45, 7) is 5.64. The molecule has 0 radical (unpaired) electrons. The van der Waals surface area contributed by atoms with Crippen LogP contribution in [0.15, 0.2) is 28.1 Å². The average molecular weight is 536 g/mol. The number of carbonyl (C=O) groups is 1. The Morgan fingerprint density at radius 3 is 2.62 bits per heavy atom. The molecule has 6 rings (SSSR count). The lowest BCUT2D eigenvalue weighted by atomic mass is 9.88. The van der Waals surface area contributed by atoms with Crippen molar-refractivity contribution in [2.45, 2.75) is 57.2 Å². The van der Waals surface area contributed by atoms with Crippen molar-refractivity contribution in [3.05, 3.63) is 29.3 Å². The monoisotopic (exact) mass is 535 g/mol. The van der Waals surface area contributed by atoms with E-state index in [-0.39, 0.29) is 35.3 Å². The molecule has 3 aliphatic heterocycles. The summed E-state index contributed by atoms with van der Waals surface area (Å²) >= 11 is 1.25. The number of carbonyl (C=O) groups excluding carboxylic acids is 1. The van der Waals surface area contributed by atoms with Gasteiger partial charge in [0.25, 0.3) is 6.01 Å². The van der Waals surface area contributed by atoms with Crippen molar-refractivity contribution in [2.24, 2.45) is 0 Å². The van der Waals surface area contributed by atoms with Gasteiger partial charge < -0.3 is 18.8 Å². The molecule has 9 nitrogen and oxygen atoms in total. The van der Waals surface area contributed by atoms with Gasteiger partial charge in [-0.1, -0.05) is 0 Å². The summed E-state index contributed by atoms with van der Waals surface area (Å²) in [5.41, 5.74) is 0.0799. The van der Waals surface area contributed by atoms with Crippen LogP contribution in [0, 0.1) is 11.3 Å². The second-order valence-corrected chi connectivity index (χ2v) is 10.9. The number of nitrogens with zero attached hydrogens (tertiary/aromatic N) is 5. The summed E-state index contributed by atoms with van der Waals surface area (Å²) < 4.78 is 57.9. The normalized spacial score (nSPS) is 20.5. The fraction of sp³-hybridized carbons (Fsp3) is 0.500. The number of amides is 1. The second kappa shape index (κ2) is 9.18. The molecule has 3 aliphatic rings. The second-order valence-electron chi connectivity index (χ2n) is 9.98. The third-order valence-corrected chi connectivity index (χ3v) is 6.95. The van der Waals surface area contributed by atoms with Crippen LogP contribution in [-0.2, 0) is 9.47 Å². The van der Waals surface area contributed by atoms with E-state index in [0.717, 1.165) is 6.42 Å². The maximum atomic E-state index is 13.8. The molecule has 2 aromatic heterocycles. The molecule has 3 aromatic rings. The Labute approximate surface area is 214 Å². The molecule has 37 heavy (non-hydrogen) atoms. The van der Waals surface area contributed by atoms with Crippen LogP contribution in [0.5, 0.6) is 0 Å². The van der Waals surface area contributed by atoms with Gasteiger partial charge in [0.15, 0.2) is 11.7 Å². The van der Waals surface area contributed by atoms with Crippen LogP contribution in [0.2, 0.25) is 0 Å². The third-order valence-electron chi connectivity index (χ3n) is 6.15. The standard InChI is InChI=1S/C24H24F3N5O4S/c1-23(2,3)36-22(33)32-14-10-15(32)12-31(11-14)21-30-17-9-13(19(24(25,26)27)34-6-4-28)8-16(18(17)35-21)20-29-5-7-37-20/h5,7-9,14-15,19H,6,10-12H2,1-3H3. The quantitative estimate of drug-likeness (QED) is 0.434. The molecule has 3 saturated heterocycles. The number of aromatic nitrogens is 2. The van der Waals surface area contributed by atoms with E-state index >= 15 is 0 Å². The highest BCUT2D eigenvalue weighted by Gasteiger charge is 2.50. The van der Waals surface area contributed by atoms with Crippen LogP contribution in [0.1, 0.15) is 38.9 Å². The first-order valence-electron chi connectivity index (χ1n) is 11.6. The van der Waals surface area contributed by atoms with E-state index < -0.39 is 24.5 Å². The summed E-state index contributed by atoms with van der Waals surface area (Å²) in [4.78, 5) is 25.0. The minimum atomic E-state index is -4.74. The number of anilines is 1. The average Bonchev–Trinajstić information content (AvgIpc) is 3.47. The van der Waals surface area contributed by atoms with E-state index in [1.165, 1.54) is 23.5 Å². The van der Waals surface area contributed by atoms with E-state index in [9.17, 15) is 18.0 Å². The molecule has 0 spiro atoms. The zero-order chi connectivity index (χ0) is 26.5. The predicted molar refractivity (Wildman–Crippen MR) is 128 cm³/mol. The van der Waals surface area contributed by atoms with E-state index in [1.54, 1.807) is 22.5 Å². The maximum Gasteiger partial charge on any atom is 0.418 e. The minimum absolute atomic E-state index is 0.0772. The molecular weight excluding hydrogens is 511 g/mol. The Balaban J connectivity index is 1.47. The topological polar surface area (TPSA) is 105 Å². The van der Waals surface area contributed by atoms with Crippen molar-refractivity contribution >= 4 is 34.5 Å². The van der Waals surface area contributed by atoms with Gasteiger partial charge in [-0.25, -0.2) is 9.78 Å². The molecule has 3 atom stereocenters. The summed E-state index contributed by atoms with van der Waals surface area (Å²) in [6.07, 6.45) is -5.03. The van der Waals surface area contributed by atoms with Crippen molar-refractivity contribution in [3.63, 3.8) is 0 Å². The number of nitriles is 1. The maximum absolute atomic E-state index is 13.8. The zero-order valence-electron chi connectivity index (χ0n) is 20.3. The molecule has 0 saturated carbocycles. The summed E-state index contributed by atoms with van der Waals surface area (Å²) in [6, 6.07) is 4.28. The van der Waals surface area contributed by atoms with Crippen LogP contribution in [0.25, 0.3) is 21.7 Å². The van der Waals surface area contributed by atoms with Crippen molar-refractivity contribution < 1.29 is 31.9 Å². The fourth-order valence-electron chi connectivity index (χ4n) is 4.72. The first kappa shape index (κ1) is 25.3. The molecule has 196 valence electrons. The van der Waals surface area contributed by atoms with Crippen LogP contribution in [-0.4, -0.2) is 64.5 Å². The Morgan fingerprint density at radius 1 is 1.30 bits per heavy atom. The zero-order valence-corrected chi connectivity index (χ0v) is 21.1. The third kappa shape index (κ3) is 4.95. The van der Waals surface area contributed by atoms with Crippen molar-refractivity contribution in [1.82, 2.24) is 14.9 Å². The Bertz CT molecular complexity index is 1330. The van der Waals surface area contributed by atoms with E-state index in [1.807, 2.05) is 25.7 Å². The highest BCUT2D eigenvalue weighted by molar-refractivity contribution is 7.13. The van der Waals surface area contributed by atoms with Gasteiger partial charge in [-0.05, 0) is 44.9 Å². The van der Waals surface area contributed by atoms with Crippen LogP contribution >= 0.6 is 11.3 Å². The summed E-state index contributed by atoms with van der Waals surface area (Å²) in [7, 11) is 0. The smallest absolute Gasteiger partial charge is 0.418 e. The lowest BCUT2D eigenvalue weighted by molar-refractivity contribution is -0.220. The molecule has 5 heterocycles. The summed E-state index contributed by atoms with van der Waals surface area (Å²) in [5.74, 6) is 0. The number of alkyl halides is 3. The highest BCUT2D eigenvalue weighted by Crippen LogP contribution is 2.42. The van der Waals surface area contributed by atoms with E-state index in [0.29, 0.717) is 29.2 Å². The number of benzene rings is 1. The Morgan fingerprint density at radius 2 is 2.03 bits per heavy atom. The number of fused-ring (bicyclic) bond motifs is 3. The van der Waals surface area contributed by atoms with Gasteiger partial charge in [0.1, 0.15) is 22.7 Å². The molecule has 3 fully saturated rings. The number of ether oxygens (including phenoxy) is 2. The molecule has 0 N–H and O–H groups in total. The molecular formula is C24H24F3N5O4S. The first-order chi connectivity index (χ1) is 17.4. The molecule has 0 aliphatic carbocycles. The van der Waals surface area contributed by atoms with Crippen LogP contribution in [0.3, 0.4) is 0 Å². The molecule has 1 aromatic carbocycles. The van der Waals surface area contributed by atoms with Gasteiger partial charge >= 0.3 is 12.3 Å². The van der Waals surface area contributed by atoms with Crippen molar-refractivity contribution in [2.75, 3.05) is 24.6 Å². The van der Waals surface area contributed by atoms with Crippen LogP contribution in [0.4, 0.5) is 24.0 Å². The molecule has 13 heteroatoms. The number of oxazole rings is 1. The Hall–Kier alpha value is -3.37. The SMILES string of the molecule is CC(C)(C)OC(=O)N1C2CC1CN(c1nc3cc(C(OCC#N)C(F)(F)F)cc(-c4nccs4)c3o1)C2. The number of rotatable bonds is 5. The van der Waals surface area contributed by atoms with Crippen molar-refractivity contribution in [3.8, 4) is 16.6 Å². The lowest BCUT2D eigenvalue weighted by Gasteiger charge is -2.55. The number of hydrogen-bond acceptors (Lipinski definition) is 9. The molecule has 3 unspecified atom stereocenters. The highest BCUT2D eigenvalue weighted by atomic mass is 32.1. The predicted octanol–water partition coefficient (Wildman–Crippen LogP) is 5.29. The minimum Gasteiger partial charge on any atom is -0.444 e. The van der Waals surface area contributed by atoms with Gasteiger partial charge in [-0.15, -0.1) is 11.3 Å².